The predicted octanol–water partition coefficient (Wildman–Crippen LogP) is 6.74. The molecule has 106 valence electrons. The van der Waals surface area contributed by atoms with Gasteiger partial charge in [-0.2, -0.15) is 0 Å². The van der Waals surface area contributed by atoms with Gasteiger partial charge in [-0.25, -0.2) is 9.97 Å². The van der Waals surface area contributed by atoms with E-state index in [1.54, 1.807) is 22.7 Å². The van der Waals surface area contributed by atoms with Gasteiger partial charge in [-0.3, -0.25) is 0 Å². The molecule has 0 fully saturated rings. The molecule has 22 heavy (non-hydrogen) atoms. The van der Waals surface area contributed by atoms with Crippen molar-refractivity contribution in [2.24, 2.45) is 0 Å². The van der Waals surface area contributed by atoms with Crippen molar-refractivity contribution in [2.45, 2.75) is 0 Å². The summed E-state index contributed by atoms with van der Waals surface area (Å²) < 4.78 is 4.79. The molecule has 0 aliphatic rings. The number of hydrogen-bond acceptors (Lipinski definition) is 4. The Morgan fingerprint density at radius 3 is 1.64 bits per heavy atom. The molecule has 5 aromatic rings. The second kappa shape index (κ2) is 4.71. The molecule has 2 nitrogen and oxygen atoms in total. The molecule has 5 rings (SSSR count). The molecule has 0 N–H and O–H groups in total. The molecule has 3 aromatic heterocycles. The van der Waals surface area contributed by atoms with Crippen LogP contribution >= 0.6 is 54.5 Å². The third-order valence-electron chi connectivity index (χ3n) is 3.69. The van der Waals surface area contributed by atoms with Crippen molar-refractivity contribution in [1.82, 2.24) is 9.97 Å². The Bertz CT molecular complexity index is 1110. The molecule has 0 aliphatic carbocycles. The van der Waals surface area contributed by atoms with Gasteiger partial charge in [-0.15, -0.1) is 22.7 Å². The van der Waals surface area contributed by atoms with Crippen molar-refractivity contribution < 1.29 is 0 Å². The number of benzene rings is 2. The lowest BCUT2D eigenvalue weighted by Gasteiger charge is -2.04. The standard InChI is InChI=1S/C16H6Br2N2S2/c17-11-5-7-13-14(20-10-4-2-1-3-9(10)19-13)8-6-12(18)22-16(8)15(7)21-11/h1-6H. The zero-order valence-electron chi connectivity index (χ0n) is 10.9. The average Bonchev–Trinajstić information content (AvgIpc) is 3.08. The first-order valence-corrected chi connectivity index (χ1v) is 9.79. The SMILES string of the molecule is Brc1cc2c3nc4ccccc4nc3c3cc(Br)sc3c2s1. The van der Waals surface area contributed by atoms with E-state index in [1.165, 1.54) is 20.2 Å². The van der Waals surface area contributed by atoms with Gasteiger partial charge < -0.3 is 0 Å². The Balaban J connectivity index is 2.16. The van der Waals surface area contributed by atoms with E-state index in [1.807, 2.05) is 24.3 Å². The quantitative estimate of drug-likeness (QED) is 0.244. The number of para-hydroxylation sites is 2. The van der Waals surface area contributed by atoms with Crippen LogP contribution in [0.3, 0.4) is 0 Å². The Hall–Kier alpha value is -1.08. The van der Waals surface area contributed by atoms with Crippen molar-refractivity contribution in [3.05, 3.63) is 44.0 Å². The predicted molar refractivity (Wildman–Crippen MR) is 103 cm³/mol. The number of nitrogens with zero attached hydrogens (tertiary/aromatic N) is 2. The largest absolute Gasteiger partial charge is 0.244 e. The highest BCUT2D eigenvalue weighted by molar-refractivity contribution is 9.11. The molecule has 6 heteroatoms. The zero-order valence-corrected chi connectivity index (χ0v) is 15.7. The number of halogens is 2. The minimum absolute atomic E-state index is 0.937. The monoisotopic (exact) mass is 448 g/mol. The second-order valence-corrected chi connectivity index (χ2v) is 9.86. The summed E-state index contributed by atoms with van der Waals surface area (Å²) in [4.78, 5) is 9.78. The Morgan fingerprint density at radius 1 is 0.727 bits per heavy atom. The average molecular weight is 450 g/mol. The summed E-state index contributed by atoms with van der Waals surface area (Å²) in [7, 11) is 0. The molecule has 0 radical (unpaired) electrons. The van der Waals surface area contributed by atoms with Crippen LogP contribution in [0.5, 0.6) is 0 Å². The first kappa shape index (κ1) is 13.4. The molecule has 0 saturated heterocycles. The van der Waals surface area contributed by atoms with Gasteiger partial charge in [-0.1, -0.05) is 12.1 Å². The van der Waals surface area contributed by atoms with E-state index in [0.717, 1.165) is 29.6 Å². The van der Waals surface area contributed by atoms with Crippen LogP contribution in [-0.2, 0) is 0 Å². The molecule has 0 amide bonds. The third-order valence-corrected chi connectivity index (χ3v) is 7.13. The normalized spacial score (nSPS) is 12.1. The Kier molecular flexibility index (Phi) is 2.86. The first-order valence-electron chi connectivity index (χ1n) is 6.57. The Morgan fingerprint density at radius 2 is 1.18 bits per heavy atom. The van der Waals surface area contributed by atoms with Gasteiger partial charge in [0.05, 0.1) is 39.0 Å². The summed E-state index contributed by atoms with van der Waals surface area (Å²) in [5.41, 5.74) is 3.83. The topological polar surface area (TPSA) is 25.8 Å². The maximum atomic E-state index is 4.89. The molecule has 3 heterocycles. The lowest BCUT2D eigenvalue weighted by atomic mass is 10.1. The fourth-order valence-corrected chi connectivity index (χ4v) is 6.15. The minimum Gasteiger partial charge on any atom is -0.244 e. The van der Waals surface area contributed by atoms with Crippen molar-refractivity contribution in [1.29, 1.82) is 0 Å². The van der Waals surface area contributed by atoms with Crippen molar-refractivity contribution >= 4 is 96.8 Å². The number of aromatic nitrogens is 2. The lowest BCUT2D eigenvalue weighted by molar-refractivity contribution is 1.42. The minimum atomic E-state index is 0.937. The van der Waals surface area contributed by atoms with Gasteiger partial charge in [0.15, 0.2) is 0 Å². The third kappa shape index (κ3) is 1.81. The van der Waals surface area contributed by atoms with E-state index in [2.05, 4.69) is 44.0 Å². The number of fused-ring (bicyclic) bond motifs is 7. The van der Waals surface area contributed by atoms with E-state index in [9.17, 15) is 0 Å². The summed E-state index contributed by atoms with van der Waals surface area (Å²) in [6.45, 7) is 0. The van der Waals surface area contributed by atoms with Crippen LogP contribution < -0.4 is 0 Å². The number of rotatable bonds is 0. The number of thiophene rings is 2. The molecule has 0 unspecified atom stereocenters. The van der Waals surface area contributed by atoms with Gasteiger partial charge in [0.25, 0.3) is 0 Å². The highest BCUT2D eigenvalue weighted by atomic mass is 79.9. The van der Waals surface area contributed by atoms with Crippen LogP contribution in [0.1, 0.15) is 0 Å². The van der Waals surface area contributed by atoms with Crippen molar-refractivity contribution in [3.63, 3.8) is 0 Å². The van der Waals surface area contributed by atoms with Crippen LogP contribution in [0, 0.1) is 0 Å². The number of hydrogen-bond donors (Lipinski definition) is 0. The van der Waals surface area contributed by atoms with Crippen molar-refractivity contribution in [2.75, 3.05) is 0 Å². The van der Waals surface area contributed by atoms with Crippen LogP contribution in [0.2, 0.25) is 0 Å². The van der Waals surface area contributed by atoms with Gasteiger partial charge >= 0.3 is 0 Å². The molecule has 0 atom stereocenters. The van der Waals surface area contributed by atoms with E-state index in [-0.39, 0.29) is 0 Å². The maximum absolute atomic E-state index is 4.89. The fourth-order valence-electron chi connectivity index (χ4n) is 2.79. The smallest absolute Gasteiger partial charge is 0.0989 e. The highest BCUT2D eigenvalue weighted by Gasteiger charge is 2.16. The van der Waals surface area contributed by atoms with Crippen LogP contribution in [0.25, 0.3) is 42.2 Å². The van der Waals surface area contributed by atoms with Gasteiger partial charge in [-0.05, 0) is 56.1 Å². The van der Waals surface area contributed by atoms with E-state index in [0.29, 0.717) is 0 Å². The molecule has 0 aliphatic heterocycles. The van der Waals surface area contributed by atoms with E-state index >= 15 is 0 Å². The first-order chi connectivity index (χ1) is 10.7. The summed E-state index contributed by atoms with van der Waals surface area (Å²) in [5.74, 6) is 0. The Labute approximate surface area is 150 Å². The maximum Gasteiger partial charge on any atom is 0.0989 e. The van der Waals surface area contributed by atoms with Crippen LogP contribution in [-0.4, -0.2) is 9.97 Å². The molecule has 2 aromatic carbocycles. The van der Waals surface area contributed by atoms with E-state index in [4.69, 9.17) is 9.97 Å². The summed E-state index contributed by atoms with van der Waals surface area (Å²) >= 11 is 10.7. The van der Waals surface area contributed by atoms with Crippen LogP contribution in [0.15, 0.2) is 44.0 Å². The second-order valence-electron chi connectivity index (χ2n) is 5.00. The zero-order chi connectivity index (χ0) is 14.8. The fraction of sp³-hybridized carbons (Fsp3) is 0. The summed E-state index contributed by atoms with van der Waals surface area (Å²) in [5, 5.41) is 2.35. The molecular formula is C16H6Br2N2S2. The molecule has 0 spiro atoms. The van der Waals surface area contributed by atoms with Gasteiger partial charge in [0, 0.05) is 10.8 Å². The van der Waals surface area contributed by atoms with Gasteiger partial charge in [0.2, 0.25) is 0 Å². The van der Waals surface area contributed by atoms with E-state index < -0.39 is 0 Å². The molecule has 0 bridgehead atoms. The highest BCUT2D eigenvalue weighted by Crippen LogP contribution is 2.44. The van der Waals surface area contributed by atoms with Crippen molar-refractivity contribution in [3.8, 4) is 0 Å². The lowest BCUT2D eigenvalue weighted by Crippen LogP contribution is -1.88. The summed E-state index contributed by atoms with van der Waals surface area (Å²) in [6, 6.07) is 12.3. The summed E-state index contributed by atoms with van der Waals surface area (Å²) in [6.07, 6.45) is 0. The molecule has 0 saturated carbocycles. The molecular weight excluding hydrogens is 444 g/mol. The van der Waals surface area contributed by atoms with Gasteiger partial charge in [0.1, 0.15) is 0 Å². The van der Waals surface area contributed by atoms with Crippen LogP contribution in [0.4, 0.5) is 0 Å².